The third-order valence-corrected chi connectivity index (χ3v) is 2.74. The van der Waals surface area contributed by atoms with Crippen molar-refractivity contribution in [1.29, 1.82) is 0 Å². The second-order valence-electron chi connectivity index (χ2n) is 3.64. The van der Waals surface area contributed by atoms with Crippen molar-refractivity contribution in [2.75, 3.05) is 6.61 Å². The largest absolute Gasteiger partial charge is 0.462 e. The van der Waals surface area contributed by atoms with Crippen LogP contribution >= 0.6 is 0 Å². The molecule has 0 aromatic rings. The number of ether oxygens (including phenoxy) is 2. The number of esters is 2. The van der Waals surface area contributed by atoms with Gasteiger partial charge in [0.15, 0.2) is 0 Å². The molecule has 4 nitrogen and oxygen atoms in total. The van der Waals surface area contributed by atoms with Gasteiger partial charge in [0.25, 0.3) is 0 Å². The molecule has 0 spiro atoms. The van der Waals surface area contributed by atoms with E-state index in [1.165, 1.54) is 0 Å². The molecule has 0 N–H and O–H groups in total. The molecule has 0 unspecified atom stereocenters. The average Bonchev–Trinajstić information content (AvgIpc) is 2.36. The van der Waals surface area contributed by atoms with Gasteiger partial charge in [-0.2, -0.15) is 0 Å². The Morgan fingerprint density at radius 1 is 1.12 bits per heavy atom. The number of hydrogen-bond donors (Lipinski definition) is 0. The van der Waals surface area contributed by atoms with Crippen LogP contribution in [0, 0.1) is 0 Å². The fourth-order valence-corrected chi connectivity index (χ4v) is 1.45. The molecular formula is C13H20O4. The summed E-state index contributed by atoms with van der Waals surface area (Å²) in [6.07, 6.45) is 4.04. The highest BCUT2D eigenvalue weighted by atomic mass is 16.6. The van der Waals surface area contributed by atoms with E-state index in [2.05, 4.69) is 13.2 Å². The van der Waals surface area contributed by atoms with Gasteiger partial charge in [-0.05, 0) is 12.8 Å². The first-order valence-electron chi connectivity index (χ1n) is 5.68. The van der Waals surface area contributed by atoms with E-state index in [1.807, 2.05) is 13.8 Å². The minimum Gasteiger partial charge on any atom is -0.462 e. The van der Waals surface area contributed by atoms with Crippen LogP contribution in [0.1, 0.15) is 33.1 Å². The van der Waals surface area contributed by atoms with E-state index in [0.717, 1.165) is 12.2 Å². The van der Waals surface area contributed by atoms with Crippen molar-refractivity contribution in [3.05, 3.63) is 25.3 Å². The van der Waals surface area contributed by atoms with Gasteiger partial charge in [0.05, 0.1) is 6.61 Å². The second-order valence-corrected chi connectivity index (χ2v) is 3.64. The summed E-state index contributed by atoms with van der Waals surface area (Å²) in [5, 5.41) is 0. The second kappa shape index (κ2) is 7.65. The van der Waals surface area contributed by atoms with Gasteiger partial charge in [0, 0.05) is 18.6 Å². The first-order chi connectivity index (χ1) is 8.03. The number of carbonyl (C=O) groups is 2. The zero-order valence-corrected chi connectivity index (χ0v) is 10.5. The highest BCUT2D eigenvalue weighted by Gasteiger charge is 2.29. The normalized spacial score (nSPS) is 10.5. The van der Waals surface area contributed by atoms with Crippen molar-refractivity contribution in [1.82, 2.24) is 0 Å². The van der Waals surface area contributed by atoms with Crippen LogP contribution in [0.15, 0.2) is 25.3 Å². The first-order valence-corrected chi connectivity index (χ1v) is 5.68. The Bertz CT molecular complexity index is 290. The monoisotopic (exact) mass is 240 g/mol. The molecular weight excluding hydrogens is 220 g/mol. The Labute approximate surface area is 102 Å². The Balaban J connectivity index is 4.39. The van der Waals surface area contributed by atoms with Crippen molar-refractivity contribution < 1.29 is 19.1 Å². The number of carbonyl (C=O) groups excluding carboxylic acids is 2. The van der Waals surface area contributed by atoms with Crippen molar-refractivity contribution in [2.24, 2.45) is 0 Å². The average molecular weight is 240 g/mol. The van der Waals surface area contributed by atoms with Crippen LogP contribution in [0.5, 0.6) is 0 Å². The van der Waals surface area contributed by atoms with Crippen molar-refractivity contribution in [2.45, 2.75) is 38.7 Å². The summed E-state index contributed by atoms with van der Waals surface area (Å²) in [5.74, 6) is -0.926. The Morgan fingerprint density at radius 3 is 2.06 bits per heavy atom. The van der Waals surface area contributed by atoms with Gasteiger partial charge in [-0.25, -0.2) is 9.59 Å². The molecule has 4 heteroatoms. The molecule has 0 aliphatic rings. The maximum absolute atomic E-state index is 11.2. The maximum Gasteiger partial charge on any atom is 0.330 e. The summed E-state index contributed by atoms with van der Waals surface area (Å²) < 4.78 is 10.2. The fraction of sp³-hybridized carbons (Fsp3) is 0.538. The molecule has 0 radical (unpaired) electrons. The number of hydrogen-bond acceptors (Lipinski definition) is 4. The van der Waals surface area contributed by atoms with E-state index in [0.29, 0.717) is 19.3 Å². The summed E-state index contributed by atoms with van der Waals surface area (Å²) in [6.45, 7) is 10.7. The summed E-state index contributed by atoms with van der Waals surface area (Å²) in [6, 6.07) is 0. The van der Waals surface area contributed by atoms with Crippen LogP contribution in [0.4, 0.5) is 0 Å². The van der Waals surface area contributed by atoms with Crippen LogP contribution in [0.2, 0.25) is 0 Å². The predicted octanol–water partition coefficient (Wildman–Crippen LogP) is 2.39. The van der Waals surface area contributed by atoms with Crippen molar-refractivity contribution in [3.63, 3.8) is 0 Å². The van der Waals surface area contributed by atoms with E-state index in [9.17, 15) is 9.59 Å². The van der Waals surface area contributed by atoms with Crippen LogP contribution in [-0.2, 0) is 19.1 Å². The molecule has 0 aromatic heterocycles. The number of rotatable bonds is 8. The SMILES string of the molecule is C=CC(=O)OCCC(CC)(CC)OC(=O)C=C. The van der Waals surface area contributed by atoms with Gasteiger partial charge in [-0.1, -0.05) is 27.0 Å². The van der Waals surface area contributed by atoms with Crippen molar-refractivity contribution >= 4 is 11.9 Å². The van der Waals surface area contributed by atoms with E-state index in [4.69, 9.17) is 9.47 Å². The van der Waals surface area contributed by atoms with E-state index < -0.39 is 17.5 Å². The quantitative estimate of drug-likeness (QED) is 0.483. The molecule has 0 aliphatic carbocycles. The molecule has 0 fully saturated rings. The molecule has 0 heterocycles. The lowest BCUT2D eigenvalue weighted by Gasteiger charge is -2.30. The van der Waals surface area contributed by atoms with Crippen molar-refractivity contribution in [3.8, 4) is 0 Å². The molecule has 0 saturated carbocycles. The van der Waals surface area contributed by atoms with Gasteiger partial charge in [0.2, 0.25) is 0 Å². The van der Waals surface area contributed by atoms with Crippen LogP contribution in [0.25, 0.3) is 0 Å². The molecule has 0 rings (SSSR count). The molecule has 17 heavy (non-hydrogen) atoms. The third kappa shape index (κ3) is 5.33. The lowest BCUT2D eigenvalue weighted by Crippen LogP contribution is -2.35. The zero-order chi connectivity index (χ0) is 13.3. The molecule has 0 atom stereocenters. The first kappa shape index (κ1) is 15.4. The van der Waals surface area contributed by atoms with E-state index >= 15 is 0 Å². The minimum atomic E-state index is -0.591. The van der Waals surface area contributed by atoms with Gasteiger partial charge < -0.3 is 9.47 Å². The van der Waals surface area contributed by atoms with Gasteiger partial charge >= 0.3 is 11.9 Å². The van der Waals surface area contributed by atoms with Crippen LogP contribution in [-0.4, -0.2) is 24.1 Å². The fourth-order valence-electron chi connectivity index (χ4n) is 1.45. The Kier molecular flexibility index (Phi) is 6.94. The van der Waals surface area contributed by atoms with Crippen LogP contribution < -0.4 is 0 Å². The highest BCUT2D eigenvalue weighted by Crippen LogP contribution is 2.25. The van der Waals surface area contributed by atoms with E-state index in [1.54, 1.807) is 0 Å². The zero-order valence-electron chi connectivity index (χ0n) is 10.5. The molecule has 96 valence electrons. The molecule has 0 saturated heterocycles. The smallest absolute Gasteiger partial charge is 0.330 e. The predicted molar refractivity (Wildman–Crippen MR) is 65.4 cm³/mol. The molecule has 0 aromatic carbocycles. The van der Waals surface area contributed by atoms with Gasteiger partial charge in [-0.3, -0.25) is 0 Å². The topological polar surface area (TPSA) is 52.6 Å². The standard InChI is InChI=1S/C13H20O4/c1-5-11(14)16-10-9-13(7-3,8-4)17-12(15)6-2/h5-6H,1-2,7-10H2,3-4H3. The summed E-state index contributed by atoms with van der Waals surface area (Å²) in [4.78, 5) is 22.1. The summed E-state index contributed by atoms with van der Waals surface area (Å²) in [7, 11) is 0. The molecule has 0 bridgehead atoms. The maximum atomic E-state index is 11.2. The molecule has 0 amide bonds. The van der Waals surface area contributed by atoms with Gasteiger partial charge in [0.1, 0.15) is 5.60 Å². The van der Waals surface area contributed by atoms with E-state index in [-0.39, 0.29) is 6.61 Å². The lowest BCUT2D eigenvalue weighted by atomic mass is 9.93. The minimum absolute atomic E-state index is 0.205. The summed E-state index contributed by atoms with van der Waals surface area (Å²) in [5.41, 5.74) is -0.591. The summed E-state index contributed by atoms with van der Waals surface area (Å²) >= 11 is 0. The Morgan fingerprint density at radius 2 is 1.65 bits per heavy atom. The highest BCUT2D eigenvalue weighted by molar-refractivity contribution is 5.81. The van der Waals surface area contributed by atoms with Gasteiger partial charge in [-0.15, -0.1) is 0 Å². The Hall–Kier alpha value is -1.58. The lowest BCUT2D eigenvalue weighted by molar-refractivity contribution is -0.157. The third-order valence-electron chi connectivity index (χ3n) is 2.74. The van der Waals surface area contributed by atoms with Crippen LogP contribution in [0.3, 0.4) is 0 Å². The molecule has 0 aliphatic heterocycles.